The van der Waals surface area contributed by atoms with Gasteiger partial charge < -0.3 is 34.6 Å². The van der Waals surface area contributed by atoms with Crippen LogP contribution < -0.4 is 5.32 Å². The van der Waals surface area contributed by atoms with E-state index in [0.717, 1.165) is 57.3 Å². The molecule has 0 atom stereocenters. The SMILES string of the molecule is C.C.C.C.C.C.CC(C)(C)OC(=O)N1CCC(C#N)(Cc2ccccc2F)CC1.CC(C)(C)OC(=O)N1CCC(C#N)CC1.Cc1ccccc1CC1(C#N)CCNCC1.Cl.FC(F)(F)c1ccccc1CBr.N#CC1(Cc2ccccc2C(F)(F)F)CCN(C(=O)c2cccnc2-c2ccncn2)CC1.O=C(O)c1cccnc1-c1ccncn1. The Morgan fingerprint density at radius 3 is 1.28 bits per heavy atom. The number of rotatable bonds is 11. The average molecular weight is 1770 g/mol. The molecule has 8 heterocycles. The number of hydrogen-bond donors (Lipinski definition) is 2. The molecule has 4 aliphatic heterocycles. The van der Waals surface area contributed by atoms with Crippen molar-refractivity contribution in [3.63, 3.8) is 0 Å². The second kappa shape index (κ2) is 50.9. The van der Waals surface area contributed by atoms with Crippen LogP contribution in [0.3, 0.4) is 0 Å². The molecule has 2 N–H and O–H groups in total. The quantitative estimate of drug-likeness (QED) is 0.0898. The summed E-state index contributed by atoms with van der Waals surface area (Å²) in [6.07, 6.45) is 5.93. The van der Waals surface area contributed by atoms with Crippen LogP contribution in [0.5, 0.6) is 0 Å². The first kappa shape index (κ1) is 110. The first-order valence-electron chi connectivity index (χ1n) is 37.0. The number of carbonyl (C=O) groups excluding carboxylic acids is 3. The Morgan fingerprint density at radius 2 is 0.876 bits per heavy atom. The van der Waals surface area contributed by atoms with Gasteiger partial charge in [-0.1, -0.05) is 139 Å². The summed E-state index contributed by atoms with van der Waals surface area (Å²) in [5.41, 5.74) is 1.87. The number of amides is 3. The number of piperidine rings is 4. The standard InChI is InChI=1S/C24H20F3N5O.C18H23FN2O2.C14H18N2.C11H18N2O2.C10H7N3O2.C8H6BrF3.6CH4.ClH/c25-24(26,27)19-6-2-1-4-17(19)14-23(15-28)8-12-32(13-9-23)22(33)18-5-3-10-30-21(18)20-7-11-29-16-31-20;1-17(2,3)23-16(22)21-10-8-18(13-20,9-11-21)12-14-6-4-5-7-15(14)19;1-12-4-2-3-5-13(12)10-14(11-15)6-8-16-9-7-14;1-11(2,3)15-10(14)13-6-4-9(8-12)5-7-13;14-10(15)7-2-1-4-12-9(7)8-3-5-11-6-13-8;9-5-6-3-1-2-4-7(6)8(10,11)12;;;;;;;/h1-7,10-11,16H,8-9,12-14H2;4-7H,8-12H2,1-3H3;2-5,16H,6-10H2,1H3;9H,4-7H2,1-3H3;1-6H,(H,14,15);1-4H,5H2;6*1H4;1H. The topological polar surface area (TPSA) is 301 Å². The molecule has 0 spiro atoms. The van der Waals surface area contributed by atoms with Gasteiger partial charge in [0.1, 0.15) is 41.1 Å². The minimum Gasteiger partial charge on any atom is -0.478 e. The molecule has 3 amide bonds. The third-order valence-electron chi connectivity index (χ3n) is 19.3. The fourth-order valence-electron chi connectivity index (χ4n) is 13.0. The van der Waals surface area contributed by atoms with E-state index >= 15 is 0 Å². The molecule has 12 rings (SSSR count). The van der Waals surface area contributed by atoms with E-state index in [1.165, 1.54) is 66.4 Å². The fraction of sp³-hybridized carbons (Fsp3) is 0.451. The minimum absolute atomic E-state index is 0. The van der Waals surface area contributed by atoms with Gasteiger partial charge in [0, 0.05) is 75.3 Å². The molecule has 121 heavy (non-hydrogen) atoms. The molecule has 0 aliphatic carbocycles. The van der Waals surface area contributed by atoms with Crippen LogP contribution in [0.4, 0.5) is 40.3 Å². The lowest BCUT2D eigenvalue weighted by Crippen LogP contribution is -2.45. The lowest BCUT2D eigenvalue weighted by molar-refractivity contribution is -0.139. The van der Waals surface area contributed by atoms with Crippen molar-refractivity contribution in [2.75, 3.05) is 52.4 Å². The molecule has 30 heteroatoms. The van der Waals surface area contributed by atoms with Gasteiger partial charge in [-0.3, -0.25) is 14.8 Å². The maximum Gasteiger partial charge on any atom is 0.416 e. The van der Waals surface area contributed by atoms with Gasteiger partial charge in [0.05, 0.1) is 74.2 Å². The summed E-state index contributed by atoms with van der Waals surface area (Å²) < 4.78 is 101. The van der Waals surface area contributed by atoms with E-state index in [0.29, 0.717) is 79.3 Å². The Labute approximate surface area is 724 Å². The number of carboxylic acids is 1. The normalized spacial score (nSPS) is 14.8. The summed E-state index contributed by atoms with van der Waals surface area (Å²) in [6.45, 7) is 17.8. The third-order valence-corrected chi connectivity index (χ3v) is 19.9. The molecule has 0 radical (unpaired) electrons. The van der Waals surface area contributed by atoms with Crippen molar-refractivity contribution in [3.8, 4) is 47.1 Å². The van der Waals surface area contributed by atoms with Gasteiger partial charge in [-0.2, -0.15) is 47.4 Å². The van der Waals surface area contributed by atoms with Crippen molar-refractivity contribution in [1.29, 1.82) is 21.0 Å². The van der Waals surface area contributed by atoms with E-state index in [4.69, 9.17) is 19.8 Å². The number of likely N-dealkylation sites (tertiary alicyclic amines) is 3. The summed E-state index contributed by atoms with van der Waals surface area (Å²) in [4.78, 5) is 76.9. The number of nitrogens with one attached hydrogen (secondary N) is 1. The molecule has 0 bridgehead atoms. The number of nitrogens with zero attached hydrogens (tertiary/aromatic N) is 13. The predicted molar refractivity (Wildman–Crippen MR) is 464 cm³/mol. The highest BCUT2D eigenvalue weighted by molar-refractivity contribution is 9.08. The van der Waals surface area contributed by atoms with Crippen LogP contribution in [0.25, 0.3) is 22.8 Å². The number of pyridine rings is 2. The molecule has 8 aromatic rings. The molecule has 4 fully saturated rings. The van der Waals surface area contributed by atoms with Crippen molar-refractivity contribution in [1.82, 2.24) is 49.9 Å². The van der Waals surface area contributed by atoms with E-state index in [-0.39, 0.29) is 147 Å². The van der Waals surface area contributed by atoms with E-state index < -0.39 is 51.5 Å². The summed E-state index contributed by atoms with van der Waals surface area (Å²) in [6, 6.07) is 44.9. The number of aromatic nitrogens is 6. The van der Waals surface area contributed by atoms with Crippen LogP contribution in [0.2, 0.25) is 0 Å². The van der Waals surface area contributed by atoms with Crippen LogP contribution in [-0.2, 0) is 46.4 Å². The molecule has 4 aliphatic rings. The highest BCUT2D eigenvalue weighted by Crippen LogP contribution is 2.41. The number of halogens is 9. The average Bonchev–Trinajstić information content (AvgIpc) is 0.790. The molecule has 4 aromatic carbocycles. The molecule has 0 unspecified atom stereocenters. The number of aryl methyl sites for hydroxylation is 1. The van der Waals surface area contributed by atoms with Gasteiger partial charge in [-0.25, -0.2) is 38.7 Å². The van der Waals surface area contributed by atoms with Crippen LogP contribution >= 0.6 is 28.3 Å². The van der Waals surface area contributed by atoms with Crippen LogP contribution in [0.15, 0.2) is 171 Å². The van der Waals surface area contributed by atoms with Crippen molar-refractivity contribution in [2.24, 2.45) is 22.2 Å². The number of benzene rings is 4. The molecule has 656 valence electrons. The minimum atomic E-state index is -4.48. The Hall–Kier alpha value is -11.0. The number of nitriles is 4. The number of alkyl halides is 7. The Morgan fingerprint density at radius 1 is 0.496 bits per heavy atom. The van der Waals surface area contributed by atoms with Crippen LogP contribution in [0.1, 0.15) is 197 Å². The van der Waals surface area contributed by atoms with Gasteiger partial charge >= 0.3 is 30.5 Å². The van der Waals surface area contributed by atoms with E-state index in [9.17, 15) is 65.7 Å². The number of aromatic carboxylic acids is 1. The number of ether oxygens (including phenoxy) is 2. The second-order valence-corrected chi connectivity index (χ2v) is 30.4. The Kier molecular flexibility index (Phi) is 46.3. The Balaban J connectivity index is 0.00000146. The van der Waals surface area contributed by atoms with Crippen molar-refractivity contribution >= 4 is 52.4 Å². The van der Waals surface area contributed by atoms with Gasteiger partial charge in [-0.05, 0) is 215 Å². The fourth-order valence-corrected chi connectivity index (χ4v) is 13.5. The highest BCUT2D eigenvalue weighted by Gasteiger charge is 2.42. The molecule has 21 nitrogen and oxygen atoms in total. The van der Waals surface area contributed by atoms with Crippen LogP contribution in [-0.4, -0.2) is 137 Å². The zero-order chi connectivity index (χ0) is 83.3. The first-order chi connectivity index (χ1) is 54.1. The number of carboxylic acid groups (broad SMARTS) is 1. The highest BCUT2D eigenvalue weighted by atomic mass is 79.9. The molecule has 4 saturated heterocycles. The lowest BCUT2D eigenvalue weighted by atomic mass is 9.74. The predicted octanol–water partition coefficient (Wildman–Crippen LogP) is 22.1. The van der Waals surface area contributed by atoms with Crippen LogP contribution in [0, 0.1) is 80.2 Å². The van der Waals surface area contributed by atoms with E-state index in [1.807, 2.05) is 41.5 Å². The largest absolute Gasteiger partial charge is 0.478 e. The third kappa shape index (κ3) is 33.5. The maximum atomic E-state index is 13.8. The van der Waals surface area contributed by atoms with Crippen molar-refractivity contribution < 1.29 is 64.5 Å². The summed E-state index contributed by atoms with van der Waals surface area (Å²) >= 11 is 3.00. The summed E-state index contributed by atoms with van der Waals surface area (Å²) in [5, 5.41) is 50.1. The lowest BCUT2D eigenvalue weighted by Gasteiger charge is -2.38. The summed E-state index contributed by atoms with van der Waals surface area (Å²) in [5.74, 6) is -1.45. The molecular weight excluding hydrogens is 1650 g/mol. The zero-order valence-electron chi connectivity index (χ0n) is 65.0. The first-order valence-corrected chi connectivity index (χ1v) is 38.1. The zero-order valence-corrected chi connectivity index (χ0v) is 67.4. The van der Waals surface area contributed by atoms with E-state index in [2.05, 4.69) is 107 Å². The number of hydrogen-bond acceptors (Lipinski definition) is 17. The van der Waals surface area contributed by atoms with Gasteiger partial charge in [0.2, 0.25) is 0 Å². The van der Waals surface area contributed by atoms with Gasteiger partial charge in [0.15, 0.2) is 0 Å². The van der Waals surface area contributed by atoms with Crippen molar-refractivity contribution in [2.45, 2.75) is 193 Å². The molecule has 4 aromatic heterocycles. The van der Waals surface area contributed by atoms with Gasteiger partial charge in [-0.15, -0.1) is 12.4 Å². The van der Waals surface area contributed by atoms with Gasteiger partial charge in [0.25, 0.3) is 5.91 Å². The maximum absolute atomic E-state index is 13.8. The molecular formula is C91H117BrClF7N14O7. The second-order valence-electron chi connectivity index (χ2n) is 29.8. The number of carbonyl (C=O) groups is 4. The van der Waals surface area contributed by atoms with Crippen molar-refractivity contribution in [3.05, 3.63) is 227 Å². The molecule has 0 saturated carbocycles. The van der Waals surface area contributed by atoms with E-state index in [1.54, 1.807) is 94.0 Å². The monoisotopic (exact) mass is 1760 g/mol. The Bertz CT molecular complexity index is 4670. The summed E-state index contributed by atoms with van der Waals surface area (Å²) in [7, 11) is 0. The smallest absolute Gasteiger partial charge is 0.416 e.